The van der Waals surface area contributed by atoms with E-state index >= 15 is 0 Å². The Hall–Kier alpha value is -0.700. The maximum Gasteiger partial charge on any atom is 0.145 e. The lowest BCUT2D eigenvalue weighted by Crippen LogP contribution is -1.94. The molecule has 0 radical (unpaired) electrons. The van der Waals surface area contributed by atoms with E-state index in [1.807, 2.05) is 28.7 Å². The molecule has 0 bridgehead atoms. The van der Waals surface area contributed by atoms with Crippen molar-refractivity contribution in [1.29, 1.82) is 5.26 Å². The molecule has 0 N–H and O–H groups in total. The second kappa shape index (κ2) is 3.62. The van der Waals surface area contributed by atoms with Crippen molar-refractivity contribution in [3.63, 3.8) is 0 Å². The lowest BCUT2D eigenvalue weighted by molar-refractivity contribution is 0.604. The summed E-state index contributed by atoms with van der Waals surface area (Å²) in [6.45, 7) is 0. The van der Waals surface area contributed by atoms with Gasteiger partial charge in [-0.1, -0.05) is 0 Å². The van der Waals surface area contributed by atoms with Crippen LogP contribution in [0.1, 0.15) is 5.69 Å². The van der Waals surface area contributed by atoms with E-state index in [4.69, 9.17) is 5.26 Å². The van der Waals surface area contributed by atoms with E-state index in [0.29, 0.717) is 3.70 Å². The maximum absolute atomic E-state index is 12.7. The first kappa shape index (κ1) is 8.40. The molecule has 0 atom stereocenters. The molecular weight excluding hydrogens is 258 g/mol. The normalized spacial score (nSPS) is 9.18. The largest absolute Gasteiger partial charge is 0.243 e. The molecule has 1 aromatic rings. The van der Waals surface area contributed by atoms with Crippen LogP contribution in [0.4, 0.5) is 4.39 Å². The van der Waals surface area contributed by atoms with Gasteiger partial charge >= 0.3 is 0 Å². The summed E-state index contributed by atoms with van der Waals surface area (Å²) in [6, 6.07) is 4.73. The van der Waals surface area contributed by atoms with E-state index in [1.165, 1.54) is 6.07 Å². The van der Waals surface area contributed by atoms with Crippen LogP contribution in [-0.2, 0) is 6.42 Å². The Balaban J connectivity index is 3.05. The van der Waals surface area contributed by atoms with E-state index < -0.39 is 5.82 Å². The lowest BCUT2D eigenvalue weighted by Gasteiger charge is -1.95. The number of hydrogen-bond donors (Lipinski definition) is 0. The number of pyridine rings is 1. The third-order valence-corrected chi connectivity index (χ3v) is 1.73. The van der Waals surface area contributed by atoms with E-state index in [-0.39, 0.29) is 12.1 Å². The fourth-order valence-electron chi connectivity index (χ4n) is 0.657. The van der Waals surface area contributed by atoms with Gasteiger partial charge in [0.1, 0.15) is 9.52 Å². The predicted octanol–water partition coefficient (Wildman–Crippen LogP) is 1.89. The van der Waals surface area contributed by atoms with E-state index in [9.17, 15) is 4.39 Å². The average molecular weight is 262 g/mol. The van der Waals surface area contributed by atoms with Gasteiger partial charge in [-0.2, -0.15) is 5.26 Å². The third kappa shape index (κ3) is 2.12. The molecule has 0 aliphatic carbocycles. The van der Waals surface area contributed by atoms with Gasteiger partial charge in [-0.25, -0.2) is 9.37 Å². The molecule has 0 spiro atoms. The molecule has 2 nitrogen and oxygen atoms in total. The Morgan fingerprint density at radius 3 is 3.00 bits per heavy atom. The molecule has 1 heterocycles. The maximum atomic E-state index is 12.7. The van der Waals surface area contributed by atoms with Crippen LogP contribution >= 0.6 is 22.6 Å². The summed E-state index contributed by atoms with van der Waals surface area (Å²) in [7, 11) is 0. The first-order valence-electron chi connectivity index (χ1n) is 2.92. The van der Waals surface area contributed by atoms with Crippen molar-refractivity contribution in [2.75, 3.05) is 0 Å². The first-order valence-corrected chi connectivity index (χ1v) is 4.00. The van der Waals surface area contributed by atoms with Gasteiger partial charge in [0, 0.05) is 0 Å². The highest BCUT2D eigenvalue weighted by Gasteiger charge is 2.02. The predicted molar refractivity (Wildman–Crippen MR) is 46.2 cm³/mol. The Bertz CT molecular complexity index is 306. The van der Waals surface area contributed by atoms with Crippen LogP contribution in [0.2, 0.25) is 0 Å². The topological polar surface area (TPSA) is 36.7 Å². The minimum absolute atomic E-state index is 0.0304. The summed E-state index contributed by atoms with van der Waals surface area (Å²) in [5.41, 5.74) is 0.222. The Morgan fingerprint density at radius 1 is 1.64 bits per heavy atom. The molecule has 0 unspecified atom stereocenters. The smallest absolute Gasteiger partial charge is 0.145 e. The zero-order chi connectivity index (χ0) is 8.27. The van der Waals surface area contributed by atoms with Gasteiger partial charge in [-0.3, -0.25) is 0 Å². The van der Waals surface area contributed by atoms with Crippen molar-refractivity contribution in [1.82, 2.24) is 4.98 Å². The quantitative estimate of drug-likeness (QED) is 0.572. The van der Waals surface area contributed by atoms with Crippen molar-refractivity contribution in [3.8, 4) is 6.07 Å². The second-order valence-corrected chi connectivity index (χ2v) is 3.00. The molecule has 0 aliphatic rings. The van der Waals surface area contributed by atoms with Gasteiger partial charge < -0.3 is 0 Å². The highest BCUT2D eigenvalue weighted by molar-refractivity contribution is 14.1. The van der Waals surface area contributed by atoms with E-state index in [2.05, 4.69) is 4.98 Å². The van der Waals surface area contributed by atoms with Crippen molar-refractivity contribution in [3.05, 3.63) is 27.3 Å². The summed E-state index contributed by atoms with van der Waals surface area (Å²) < 4.78 is 13.4. The number of nitrogens with zero attached hydrogens (tertiary/aromatic N) is 2. The minimum Gasteiger partial charge on any atom is -0.243 e. The number of rotatable bonds is 1. The standard InChI is InChI=1S/C7H4FIN2/c8-5-1-2-7(9)11-6(5)3-4-10/h1-2H,3H2. The summed E-state index contributed by atoms with van der Waals surface area (Å²) in [6.07, 6.45) is 0.0304. The van der Waals surface area contributed by atoms with Crippen molar-refractivity contribution >= 4 is 22.6 Å². The third-order valence-electron chi connectivity index (χ3n) is 1.13. The first-order chi connectivity index (χ1) is 5.24. The molecule has 0 saturated carbocycles. The monoisotopic (exact) mass is 262 g/mol. The zero-order valence-electron chi connectivity index (χ0n) is 5.51. The van der Waals surface area contributed by atoms with Gasteiger partial charge in [0.15, 0.2) is 0 Å². The molecule has 56 valence electrons. The van der Waals surface area contributed by atoms with Crippen LogP contribution in [0.15, 0.2) is 12.1 Å². The molecule has 1 aromatic heterocycles. The number of hydrogen-bond acceptors (Lipinski definition) is 2. The summed E-state index contributed by atoms with van der Waals surface area (Å²) >= 11 is 1.97. The Morgan fingerprint density at radius 2 is 2.36 bits per heavy atom. The van der Waals surface area contributed by atoms with E-state index in [1.54, 1.807) is 6.07 Å². The molecule has 0 amide bonds. The molecule has 0 aromatic carbocycles. The Kier molecular flexibility index (Phi) is 2.76. The van der Waals surface area contributed by atoms with Gasteiger partial charge in [0.25, 0.3) is 0 Å². The molecule has 1 rings (SSSR count). The van der Waals surface area contributed by atoms with Crippen LogP contribution in [0.25, 0.3) is 0 Å². The van der Waals surface area contributed by atoms with Crippen molar-refractivity contribution < 1.29 is 4.39 Å². The summed E-state index contributed by atoms with van der Waals surface area (Å²) in [5, 5.41) is 8.28. The molecule has 0 fully saturated rings. The Labute approximate surface area is 77.2 Å². The number of nitriles is 1. The molecular formula is C7H4FIN2. The van der Waals surface area contributed by atoms with Crippen LogP contribution < -0.4 is 0 Å². The van der Waals surface area contributed by atoms with Gasteiger partial charge in [0.05, 0.1) is 18.2 Å². The van der Waals surface area contributed by atoms with Gasteiger partial charge in [-0.05, 0) is 34.7 Å². The average Bonchev–Trinajstić information content (AvgIpc) is 1.98. The highest BCUT2D eigenvalue weighted by atomic mass is 127. The highest BCUT2D eigenvalue weighted by Crippen LogP contribution is 2.07. The molecule has 0 aliphatic heterocycles. The summed E-state index contributed by atoms with van der Waals surface area (Å²) in [5.74, 6) is -0.410. The van der Waals surface area contributed by atoms with Crippen LogP contribution in [-0.4, -0.2) is 4.98 Å². The number of halogens is 2. The summed E-state index contributed by atoms with van der Waals surface area (Å²) in [4.78, 5) is 3.85. The van der Waals surface area contributed by atoms with Gasteiger partial charge in [-0.15, -0.1) is 0 Å². The fraction of sp³-hybridized carbons (Fsp3) is 0.143. The number of aromatic nitrogens is 1. The van der Waals surface area contributed by atoms with Crippen LogP contribution in [0, 0.1) is 20.8 Å². The van der Waals surface area contributed by atoms with Crippen molar-refractivity contribution in [2.45, 2.75) is 6.42 Å². The molecule has 4 heteroatoms. The van der Waals surface area contributed by atoms with Crippen LogP contribution in [0.5, 0.6) is 0 Å². The van der Waals surface area contributed by atoms with Crippen molar-refractivity contribution in [2.24, 2.45) is 0 Å². The van der Waals surface area contributed by atoms with Gasteiger partial charge in [0.2, 0.25) is 0 Å². The molecule has 0 saturated heterocycles. The van der Waals surface area contributed by atoms with Crippen LogP contribution in [0.3, 0.4) is 0 Å². The lowest BCUT2D eigenvalue weighted by atomic mass is 10.3. The van der Waals surface area contributed by atoms with E-state index in [0.717, 1.165) is 0 Å². The second-order valence-electron chi connectivity index (χ2n) is 1.90. The zero-order valence-corrected chi connectivity index (χ0v) is 7.67. The fourth-order valence-corrected chi connectivity index (χ4v) is 1.13. The SMILES string of the molecule is N#CCc1nc(I)ccc1F. The minimum atomic E-state index is -0.410. The molecule has 11 heavy (non-hydrogen) atoms.